The van der Waals surface area contributed by atoms with Gasteiger partial charge in [0.25, 0.3) is 5.91 Å². The Morgan fingerprint density at radius 2 is 2.14 bits per heavy atom. The monoisotopic (exact) mass is 305 g/mol. The summed E-state index contributed by atoms with van der Waals surface area (Å²) < 4.78 is 0. The number of nitrogens with two attached hydrogens (primary N) is 1. The van der Waals surface area contributed by atoms with Crippen LogP contribution in [0.4, 0.5) is 0 Å². The van der Waals surface area contributed by atoms with Crippen LogP contribution in [0.25, 0.3) is 0 Å². The van der Waals surface area contributed by atoms with Crippen LogP contribution in [0, 0.1) is 6.92 Å². The molecule has 1 aliphatic heterocycles. The maximum absolute atomic E-state index is 12.7. The fraction of sp³-hybridized carbons (Fsp3) is 0.600. The van der Waals surface area contributed by atoms with Gasteiger partial charge in [-0.05, 0) is 13.3 Å². The highest BCUT2D eigenvalue weighted by atomic mass is 16.2. The SMILES string of the molecule is CNC(=O)[C@@H]1C[C@@H](N)CN1C(=O)c1cnc(C(C)C)nc1C. The molecule has 22 heavy (non-hydrogen) atoms. The zero-order chi connectivity index (χ0) is 16.4. The minimum absolute atomic E-state index is 0.192. The number of carbonyl (C=O) groups is 2. The van der Waals surface area contributed by atoms with Crippen molar-refractivity contribution < 1.29 is 9.59 Å². The number of amides is 2. The molecule has 1 saturated heterocycles. The summed E-state index contributed by atoms with van der Waals surface area (Å²) in [6.45, 7) is 6.14. The Balaban J connectivity index is 2.28. The summed E-state index contributed by atoms with van der Waals surface area (Å²) in [6, 6.07) is -0.723. The third-order valence-electron chi connectivity index (χ3n) is 3.89. The van der Waals surface area contributed by atoms with Gasteiger partial charge in [-0.25, -0.2) is 9.97 Å². The van der Waals surface area contributed by atoms with Crippen LogP contribution in [0.5, 0.6) is 0 Å². The molecule has 2 atom stereocenters. The van der Waals surface area contributed by atoms with Crippen LogP contribution in [0.15, 0.2) is 6.20 Å². The average molecular weight is 305 g/mol. The van der Waals surface area contributed by atoms with Crippen molar-refractivity contribution in [3.05, 3.63) is 23.3 Å². The van der Waals surface area contributed by atoms with Crippen molar-refractivity contribution in [2.24, 2.45) is 5.73 Å². The van der Waals surface area contributed by atoms with Crippen molar-refractivity contribution in [3.63, 3.8) is 0 Å². The molecule has 0 spiro atoms. The molecule has 2 heterocycles. The van der Waals surface area contributed by atoms with Gasteiger partial charge in [-0.3, -0.25) is 9.59 Å². The van der Waals surface area contributed by atoms with E-state index in [9.17, 15) is 9.59 Å². The van der Waals surface area contributed by atoms with E-state index in [2.05, 4.69) is 15.3 Å². The Morgan fingerprint density at radius 1 is 1.45 bits per heavy atom. The highest BCUT2D eigenvalue weighted by Gasteiger charge is 2.38. The topological polar surface area (TPSA) is 101 Å². The quantitative estimate of drug-likeness (QED) is 0.830. The molecule has 0 bridgehead atoms. The summed E-state index contributed by atoms with van der Waals surface area (Å²) in [5.74, 6) is 0.463. The molecule has 0 unspecified atom stereocenters. The van der Waals surface area contributed by atoms with Gasteiger partial charge in [-0.1, -0.05) is 13.8 Å². The van der Waals surface area contributed by atoms with Gasteiger partial charge in [0.15, 0.2) is 0 Å². The normalized spacial score (nSPS) is 21.3. The molecule has 7 heteroatoms. The zero-order valence-corrected chi connectivity index (χ0v) is 13.5. The Bertz CT molecular complexity index is 587. The van der Waals surface area contributed by atoms with E-state index in [1.807, 2.05) is 13.8 Å². The lowest BCUT2D eigenvalue weighted by molar-refractivity contribution is -0.124. The second-order valence-electron chi connectivity index (χ2n) is 5.97. The first-order valence-electron chi connectivity index (χ1n) is 7.46. The van der Waals surface area contributed by atoms with E-state index in [1.165, 1.54) is 4.90 Å². The Kier molecular flexibility index (Phi) is 4.75. The van der Waals surface area contributed by atoms with Gasteiger partial charge in [0.2, 0.25) is 5.91 Å². The molecule has 1 aliphatic rings. The van der Waals surface area contributed by atoms with Crippen LogP contribution in [-0.2, 0) is 4.79 Å². The number of carbonyl (C=O) groups excluding carboxylic acids is 2. The molecule has 1 aromatic heterocycles. The number of nitrogens with one attached hydrogen (secondary N) is 1. The molecule has 1 fully saturated rings. The molecule has 7 nitrogen and oxygen atoms in total. The van der Waals surface area contributed by atoms with Crippen LogP contribution in [-0.4, -0.2) is 52.4 Å². The molecule has 3 N–H and O–H groups in total. The number of hydrogen-bond acceptors (Lipinski definition) is 5. The third-order valence-corrected chi connectivity index (χ3v) is 3.89. The molecule has 2 amide bonds. The lowest BCUT2D eigenvalue weighted by Gasteiger charge is -2.23. The molecule has 0 saturated carbocycles. The molecule has 0 radical (unpaired) electrons. The first-order chi connectivity index (χ1) is 10.3. The second kappa shape index (κ2) is 6.39. The van der Waals surface area contributed by atoms with Crippen molar-refractivity contribution in [2.75, 3.05) is 13.6 Å². The summed E-state index contributed by atoms with van der Waals surface area (Å²) in [5.41, 5.74) is 6.97. The van der Waals surface area contributed by atoms with Crippen molar-refractivity contribution in [2.45, 2.75) is 45.2 Å². The van der Waals surface area contributed by atoms with E-state index >= 15 is 0 Å². The van der Waals surface area contributed by atoms with E-state index in [0.717, 1.165) is 0 Å². The van der Waals surface area contributed by atoms with E-state index in [0.29, 0.717) is 30.0 Å². The van der Waals surface area contributed by atoms with E-state index in [4.69, 9.17) is 5.73 Å². The number of rotatable bonds is 3. The number of nitrogens with zero attached hydrogens (tertiary/aromatic N) is 3. The second-order valence-corrected chi connectivity index (χ2v) is 5.97. The largest absolute Gasteiger partial charge is 0.357 e. The van der Waals surface area contributed by atoms with Crippen LogP contribution >= 0.6 is 0 Å². The fourth-order valence-corrected chi connectivity index (χ4v) is 2.64. The number of likely N-dealkylation sites (N-methyl/N-ethyl adjacent to an activating group) is 1. The standard InChI is InChI=1S/C15H23N5O2/c1-8(2)13-18-6-11(9(3)19-13)15(22)20-7-10(16)5-12(20)14(21)17-4/h6,8,10,12H,5,7,16H2,1-4H3,(H,17,21)/t10-,12+/m1/s1. The van der Waals surface area contributed by atoms with Gasteiger partial charge in [-0.15, -0.1) is 0 Å². The van der Waals surface area contributed by atoms with Crippen molar-refractivity contribution in [1.82, 2.24) is 20.2 Å². The van der Waals surface area contributed by atoms with Crippen molar-refractivity contribution in [3.8, 4) is 0 Å². The summed E-state index contributed by atoms with van der Waals surface area (Å²) in [7, 11) is 1.56. The first-order valence-corrected chi connectivity index (χ1v) is 7.46. The van der Waals surface area contributed by atoms with Crippen LogP contribution in [0.2, 0.25) is 0 Å². The molecular formula is C15H23N5O2. The summed E-state index contributed by atoms with van der Waals surface area (Å²) in [6.07, 6.45) is 2.01. The smallest absolute Gasteiger partial charge is 0.258 e. The fourth-order valence-electron chi connectivity index (χ4n) is 2.64. The predicted molar refractivity (Wildman–Crippen MR) is 82.3 cm³/mol. The van der Waals surface area contributed by atoms with Crippen molar-refractivity contribution >= 4 is 11.8 Å². The van der Waals surface area contributed by atoms with Gasteiger partial charge in [0.1, 0.15) is 11.9 Å². The van der Waals surface area contributed by atoms with Crippen LogP contribution < -0.4 is 11.1 Å². The van der Waals surface area contributed by atoms with Gasteiger partial charge >= 0.3 is 0 Å². The average Bonchev–Trinajstić information content (AvgIpc) is 2.87. The minimum Gasteiger partial charge on any atom is -0.357 e. The van der Waals surface area contributed by atoms with Gasteiger partial charge in [-0.2, -0.15) is 0 Å². The van der Waals surface area contributed by atoms with Crippen LogP contribution in [0.1, 0.15) is 48.1 Å². The van der Waals surface area contributed by atoms with Gasteiger partial charge < -0.3 is 16.0 Å². The van der Waals surface area contributed by atoms with Gasteiger partial charge in [0.05, 0.1) is 11.3 Å². The molecule has 120 valence electrons. The summed E-state index contributed by atoms with van der Waals surface area (Å²) >= 11 is 0. The van der Waals surface area contributed by atoms with E-state index < -0.39 is 6.04 Å². The molecule has 0 aliphatic carbocycles. The lowest BCUT2D eigenvalue weighted by atomic mass is 10.1. The maximum atomic E-state index is 12.7. The highest BCUT2D eigenvalue weighted by Crippen LogP contribution is 2.21. The molecular weight excluding hydrogens is 282 g/mol. The Labute approximate surface area is 130 Å². The first kappa shape index (κ1) is 16.4. The highest BCUT2D eigenvalue weighted by molar-refractivity contribution is 5.98. The maximum Gasteiger partial charge on any atom is 0.258 e. The van der Waals surface area contributed by atoms with Gasteiger partial charge in [0, 0.05) is 31.7 Å². The number of aromatic nitrogens is 2. The summed E-state index contributed by atoms with van der Waals surface area (Å²) in [5, 5.41) is 2.58. The van der Waals surface area contributed by atoms with Crippen LogP contribution in [0.3, 0.4) is 0 Å². The summed E-state index contributed by atoms with van der Waals surface area (Å²) in [4.78, 5) is 34.8. The van der Waals surface area contributed by atoms with E-state index in [1.54, 1.807) is 20.2 Å². The zero-order valence-electron chi connectivity index (χ0n) is 13.5. The third kappa shape index (κ3) is 3.09. The van der Waals surface area contributed by atoms with Crippen molar-refractivity contribution in [1.29, 1.82) is 0 Å². The minimum atomic E-state index is -0.531. The number of aryl methyl sites for hydroxylation is 1. The number of hydrogen-bond donors (Lipinski definition) is 2. The molecule has 0 aromatic carbocycles. The predicted octanol–water partition coefficient (Wildman–Crippen LogP) is 0.196. The number of likely N-dealkylation sites (tertiary alicyclic amines) is 1. The molecule has 2 rings (SSSR count). The lowest BCUT2D eigenvalue weighted by Crippen LogP contribution is -2.45. The Hall–Kier alpha value is -2.02. The van der Waals surface area contributed by atoms with E-state index in [-0.39, 0.29) is 23.8 Å². The molecule has 1 aromatic rings. The Morgan fingerprint density at radius 3 is 2.68 bits per heavy atom.